The van der Waals surface area contributed by atoms with Crippen LogP contribution in [0.4, 0.5) is 42.8 Å². The molecule has 0 N–H and O–H groups in total. The lowest BCUT2D eigenvalue weighted by Gasteiger charge is -2.37. The number of nitrogens with zero attached hydrogens (tertiary/aromatic N) is 7. The summed E-state index contributed by atoms with van der Waals surface area (Å²) in [7, 11) is 2.91. The summed E-state index contributed by atoms with van der Waals surface area (Å²) in [6.07, 6.45) is -7.41. The van der Waals surface area contributed by atoms with Crippen LogP contribution in [0.3, 0.4) is 0 Å². The fourth-order valence-corrected chi connectivity index (χ4v) is 6.68. The van der Waals surface area contributed by atoms with Crippen molar-refractivity contribution in [2.75, 3.05) is 43.1 Å². The van der Waals surface area contributed by atoms with E-state index in [9.17, 15) is 31.1 Å². The summed E-state index contributed by atoms with van der Waals surface area (Å²) in [5.74, 6) is 0.418. The van der Waals surface area contributed by atoms with Crippen molar-refractivity contribution >= 4 is 17.7 Å². The third kappa shape index (κ3) is 7.33. The third-order valence-electron chi connectivity index (χ3n) is 8.71. The van der Waals surface area contributed by atoms with Crippen LogP contribution in [-0.2, 0) is 30.7 Å². The molecule has 1 saturated heterocycles. The molecule has 3 aromatic rings. The number of halogens is 6. The molecule has 15 heteroatoms. The average Bonchev–Trinajstić information content (AvgIpc) is 3.34. The molecule has 3 heterocycles. The average molecular weight is 654 g/mol. The second-order valence-corrected chi connectivity index (χ2v) is 12.1. The van der Waals surface area contributed by atoms with E-state index in [0.717, 1.165) is 53.9 Å². The first-order valence-corrected chi connectivity index (χ1v) is 15.1. The predicted octanol–water partition coefficient (Wildman–Crippen LogP) is 6.69. The minimum atomic E-state index is -4.97. The number of likely N-dealkylation sites (tertiary alicyclic amines) is 1. The molecule has 0 saturated carbocycles. The summed E-state index contributed by atoms with van der Waals surface area (Å²) >= 11 is 0. The maximum absolute atomic E-state index is 13.8. The van der Waals surface area contributed by atoms with Gasteiger partial charge in [0.2, 0.25) is 0 Å². The molecular formula is C31H37F6N7O2. The first-order chi connectivity index (χ1) is 21.6. The van der Waals surface area contributed by atoms with Crippen molar-refractivity contribution in [2.45, 2.75) is 64.5 Å². The number of fused-ring (bicyclic) bond motifs is 1. The number of aromatic nitrogens is 4. The molecule has 2 aliphatic heterocycles. The number of piperidine rings is 1. The molecule has 2 aliphatic rings. The number of rotatable bonds is 6. The minimum absolute atomic E-state index is 0.104. The fraction of sp³-hybridized carbons (Fsp3) is 0.548. The van der Waals surface area contributed by atoms with Crippen LogP contribution >= 0.6 is 0 Å². The Bertz CT molecular complexity index is 1520. The zero-order valence-corrected chi connectivity index (χ0v) is 26.1. The molecule has 2 aromatic carbocycles. The molecule has 1 amide bonds. The van der Waals surface area contributed by atoms with Gasteiger partial charge in [-0.3, -0.25) is 0 Å². The standard InChI is InChI=1S/C31H37F6N7O2/c1-19-12-20(2)27-25(13-19)26(6-5-9-43(27)17-21-7-10-42(11-8-21)29(45)46-4)44(28-38-40-41(3)39-28)18-22-14-23(30(32,33)34)16-24(15-22)31(35,36)37/h12-16,21,26H,5-11,17-18H2,1-4H3. The molecule has 9 nitrogen and oxygen atoms in total. The van der Waals surface area contributed by atoms with Gasteiger partial charge < -0.3 is 19.4 Å². The molecular weight excluding hydrogens is 616 g/mol. The van der Waals surface area contributed by atoms with Gasteiger partial charge in [0.15, 0.2) is 0 Å². The number of amides is 1. The van der Waals surface area contributed by atoms with Crippen LogP contribution < -0.4 is 9.80 Å². The Balaban J connectivity index is 1.53. The van der Waals surface area contributed by atoms with Crippen molar-refractivity contribution in [3.8, 4) is 0 Å². The SMILES string of the molecule is COC(=O)N1CCC(CN2CCCC(N(Cc3cc(C(F)(F)F)cc(C(F)(F)F)c3)c3nnn(C)n3)c3cc(C)cc(C)c32)CC1. The fourth-order valence-electron chi connectivity index (χ4n) is 6.68. The van der Waals surface area contributed by atoms with Gasteiger partial charge in [0.25, 0.3) is 5.95 Å². The highest BCUT2D eigenvalue weighted by Crippen LogP contribution is 2.43. The van der Waals surface area contributed by atoms with Crippen molar-refractivity contribution in [3.63, 3.8) is 0 Å². The first kappa shape index (κ1) is 33.3. The molecule has 0 aliphatic carbocycles. The number of hydrogen-bond acceptors (Lipinski definition) is 7. The van der Waals surface area contributed by atoms with E-state index in [-0.39, 0.29) is 30.2 Å². The highest BCUT2D eigenvalue weighted by molar-refractivity contribution is 5.67. The van der Waals surface area contributed by atoms with E-state index in [0.29, 0.717) is 38.4 Å². The number of methoxy groups -OCH3 is 1. The number of hydrogen-bond donors (Lipinski definition) is 0. The van der Waals surface area contributed by atoms with Crippen molar-refractivity contribution in [2.24, 2.45) is 13.0 Å². The van der Waals surface area contributed by atoms with Gasteiger partial charge in [0.1, 0.15) is 0 Å². The molecule has 250 valence electrons. The van der Waals surface area contributed by atoms with E-state index >= 15 is 0 Å². The van der Waals surface area contributed by atoms with Crippen molar-refractivity contribution in [1.29, 1.82) is 0 Å². The first-order valence-electron chi connectivity index (χ1n) is 15.1. The summed E-state index contributed by atoms with van der Waals surface area (Å²) < 4.78 is 87.4. The number of aryl methyl sites for hydroxylation is 3. The summed E-state index contributed by atoms with van der Waals surface area (Å²) in [5, 5.41) is 12.4. The Morgan fingerprint density at radius 3 is 2.17 bits per heavy atom. The van der Waals surface area contributed by atoms with Crippen LogP contribution in [-0.4, -0.2) is 64.5 Å². The number of ether oxygens (including phenoxy) is 1. The van der Waals surface area contributed by atoms with Crippen LogP contribution in [0.2, 0.25) is 0 Å². The molecule has 1 atom stereocenters. The summed E-state index contributed by atoms with van der Waals surface area (Å²) in [6.45, 7) is 6.29. The minimum Gasteiger partial charge on any atom is -0.453 e. The van der Waals surface area contributed by atoms with Crippen molar-refractivity contribution in [3.05, 3.63) is 63.7 Å². The number of alkyl halides is 6. The Labute approximate surface area is 263 Å². The largest absolute Gasteiger partial charge is 0.453 e. The Kier molecular flexibility index (Phi) is 9.41. The number of carbonyl (C=O) groups excluding carboxylic acids is 1. The van der Waals surface area contributed by atoms with Crippen molar-refractivity contribution < 1.29 is 35.9 Å². The summed E-state index contributed by atoms with van der Waals surface area (Å²) in [5.41, 5.74) is 0.955. The lowest BCUT2D eigenvalue weighted by atomic mass is 9.93. The second kappa shape index (κ2) is 13.0. The monoisotopic (exact) mass is 653 g/mol. The van der Waals surface area contributed by atoms with Crippen molar-refractivity contribution in [1.82, 2.24) is 25.1 Å². The number of carbonyl (C=O) groups is 1. The quantitative estimate of drug-likeness (QED) is 0.275. The zero-order chi connectivity index (χ0) is 33.4. The van der Waals surface area contributed by atoms with Gasteiger partial charge in [0.05, 0.1) is 31.3 Å². The van der Waals surface area contributed by atoms with Gasteiger partial charge in [-0.2, -0.15) is 31.1 Å². The smallest absolute Gasteiger partial charge is 0.416 e. The van der Waals surface area contributed by atoms with Crippen LogP contribution in [0.25, 0.3) is 0 Å². The van der Waals surface area contributed by atoms with E-state index < -0.39 is 29.5 Å². The maximum atomic E-state index is 13.8. The highest BCUT2D eigenvalue weighted by atomic mass is 19.4. The van der Waals surface area contributed by atoms with Gasteiger partial charge in [-0.1, -0.05) is 22.8 Å². The van der Waals surface area contributed by atoms with E-state index in [1.54, 1.807) is 16.8 Å². The third-order valence-corrected chi connectivity index (χ3v) is 8.71. The van der Waals surface area contributed by atoms with E-state index in [1.807, 2.05) is 19.9 Å². The van der Waals surface area contributed by atoms with Gasteiger partial charge in [0, 0.05) is 38.4 Å². The summed E-state index contributed by atoms with van der Waals surface area (Å²) in [6, 6.07) is 5.28. The molecule has 1 unspecified atom stereocenters. The van der Waals surface area contributed by atoms with Gasteiger partial charge in [-0.15, -0.1) is 5.10 Å². The lowest BCUT2D eigenvalue weighted by molar-refractivity contribution is -0.143. The number of benzene rings is 2. The second-order valence-electron chi connectivity index (χ2n) is 12.1. The van der Waals surface area contributed by atoms with Gasteiger partial charge >= 0.3 is 18.4 Å². The zero-order valence-electron chi connectivity index (χ0n) is 26.1. The predicted molar refractivity (Wildman–Crippen MR) is 158 cm³/mol. The van der Waals surface area contributed by atoms with Crippen LogP contribution in [0, 0.1) is 19.8 Å². The molecule has 46 heavy (non-hydrogen) atoms. The Morgan fingerprint density at radius 2 is 1.61 bits per heavy atom. The number of anilines is 2. The maximum Gasteiger partial charge on any atom is 0.416 e. The van der Waals surface area contributed by atoms with Crippen LogP contribution in [0.5, 0.6) is 0 Å². The highest BCUT2D eigenvalue weighted by Gasteiger charge is 2.38. The molecule has 0 radical (unpaired) electrons. The van der Waals surface area contributed by atoms with Crippen LogP contribution in [0.1, 0.15) is 65.1 Å². The van der Waals surface area contributed by atoms with Gasteiger partial charge in [-0.05, 0) is 85.6 Å². The van der Waals surface area contributed by atoms with E-state index in [2.05, 4.69) is 26.4 Å². The summed E-state index contributed by atoms with van der Waals surface area (Å²) in [4.78, 5) is 18.9. The van der Waals surface area contributed by atoms with E-state index in [4.69, 9.17) is 4.74 Å². The van der Waals surface area contributed by atoms with E-state index in [1.165, 1.54) is 11.9 Å². The molecule has 1 aromatic heterocycles. The molecule has 0 bridgehead atoms. The molecule has 1 fully saturated rings. The molecule has 5 rings (SSSR count). The molecule has 0 spiro atoms. The normalized spacial score (nSPS) is 17.9. The Morgan fingerprint density at radius 1 is 0.957 bits per heavy atom. The topological polar surface area (TPSA) is 79.6 Å². The van der Waals surface area contributed by atoms with Crippen LogP contribution in [0.15, 0.2) is 30.3 Å². The number of tetrazole rings is 1. The lowest BCUT2D eigenvalue weighted by Crippen LogP contribution is -2.42. The Hall–Kier alpha value is -4.04. The van der Waals surface area contributed by atoms with Gasteiger partial charge in [-0.25, -0.2) is 4.79 Å².